The van der Waals surface area contributed by atoms with Crippen LogP contribution in [0.2, 0.25) is 0 Å². The highest BCUT2D eigenvalue weighted by molar-refractivity contribution is 5.96. The van der Waals surface area contributed by atoms with Crippen molar-refractivity contribution < 1.29 is 4.79 Å². The molecular formula is C15H24N4O. The smallest absolute Gasteiger partial charge is 0.251 e. The summed E-state index contributed by atoms with van der Waals surface area (Å²) in [6.45, 7) is 5.51. The molecule has 0 saturated carbocycles. The molecule has 2 rings (SSSR count). The number of nitrogen functional groups attached to an aromatic ring is 1. The van der Waals surface area contributed by atoms with Crippen LogP contribution < -0.4 is 16.4 Å². The Morgan fingerprint density at radius 3 is 2.75 bits per heavy atom. The Morgan fingerprint density at radius 2 is 2.10 bits per heavy atom. The van der Waals surface area contributed by atoms with E-state index >= 15 is 0 Å². The fraction of sp³-hybridized carbons (Fsp3) is 0.533. The second-order valence-corrected chi connectivity index (χ2v) is 5.43. The number of hydrogen-bond acceptors (Lipinski definition) is 4. The van der Waals surface area contributed by atoms with E-state index in [4.69, 9.17) is 5.73 Å². The van der Waals surface area contributed by atoms with Gasteiger partial charge in [-0.1, -0.05) is 0 Å². The average Bonchev–Trinajstić information content (AvgIpc) is 2.93. The molecule has 1 aliphatic rings. The van der Waals surface area contributed by atoms with Gasteiger partial charge in [-0.25, -0.2) is 0 Å². The van der Waals surface area contributed by atoms with Gasteiger partial charge in [-0.3, -0.25) is 4.79 Å². The molecule has 110 valence electrons. The first-order valence-electron chi connectivity index (χ1n) is 7.20. The van der Waals surface area contributed by atoms with Gasteiger partial charge in [-0.05, 0) is 51.1 Å². The quantitative estimate of drug-likeness (QED) is 0.713. The van der Waals surface area contributed by atoms with E-state index in [0.717, 1.165) is 12.2 Å². The molecule has 1 atom stereocenters. The van der Waals surface area contributed by atoms with Crippen LogP contribution in [-0.4, -0.2) is 43.5 Å². The second kappa shape index (κ2) is 6.61. The summed E-state index contributed by atoms with van der Waals surface area (Å²) in [4.78, 5) is 14.1. The van der Waals surface area contributed by atoms with Crippen LogP contribution in [0, 0.1) is 0 Å². The van der Waals surface area contributed by atoms with Crippen molar-refractivity contribution in [3.63, 3.8) is 0 Å². The van der Waals surface area contributed by atoms with Gasteiger partial charge in [-0.2, -0.15) is 0 Å². The molecule has 5 heteroatoms. The highest BCUT2D eigenvalue weighted by Crippen LogP contribution is 2.21. The molecular weight excluding hydrogens is 252 g/mol. The summed E-state index contributed by atoms with van der Waals surface area (Å²) in [5.41, 5.74) is 8.11. The molecule has 1 aromatic rings. The lowest BCUT2D eigenvalue weighted by molar-refractivity contribution is 0.0963. The van der Waals surface area contributed by atoms with E-state index in [1.165, 1.54) is 25.9 Å². The standard InChI is InChI=1S/C15H24N4O/c1-11(10-19-7-3-4-8-19)18-14-9-12(15(20)17-2)5-6-13(14)16/h5-6,9,11,18H,3-4,7-8,10,16H2,1-2H3,(H,17,20). The first kappa shape index (κ1) is 14.7. The molecule has 1 amide bonds. The summed E-state index contributed by atoms with van der Waals surface area (Å²) in [6.07, 6.45) is 2.59. The van der Waals surface area contributed by atoms with E-state index in [-0.39, 0.29) is 5.91 Å². The molecule has 4 N–H and O–H groups in total. The number of rotatable bonds is 5. The maximum absolute atomic E-state index is 11.7. The van der Waals surface area contributed by atoms with Crippen LogP contribution in [0.25, 0.3) is 0 Å². The lowest BCUT2D eigenvalue weighted by atomic mass is 10.1. The van der Waals surface area contributed by atoms with Crippen LogP contribution in [0.3, 0.4) is 0 Å². The van der Waals surface area contributed by atoms with Crippen molar-refractivity contribution in [1.29, 1.82) is 0 Å². The predicted molar refractivity (Wildman–Crippen MR) is 83.0 cm³/mol. The molecule has 0 spiro atoms. The number of nitrogens with zero attached hydrogens (tertiary/aromatic N) is 1. The minimum atomic E-state index is -0.0970. The van der Waals surface area contributed by atoms with E-state index < -0.39 is 0 Å². The largest absolute Gasteiger partial charge is 0.397 e. The highest BCUT2D eigenvalue weighted by atomic mass is 16.1. The number of carbonyl (C=O) groups is 1. The van der Waals surface area contributed by atoms with Crippen LogP contribution in [0.5, 0.6) is 0 Å². The van der Waals surface area contributed by atoms with Gasteiger partial charge in [0, 0.05) is 25.2 Å². The Hall–Kier alpha value is -1.75. The van der Waals surface area contributed by atoms with Gasteiger partial charge in [-0.15, -0.1) is 0 Å². The first-order chi connectivity index (χ1) is 9.60. The fourth-order valence-electron chi connectivity index (χ4n) is 2.63. The summed E-state index contributed by atoms with van der Waals surface area (Å²) in [5, 5.41) is 6.03. The molecule has 0 bridgehead atoms. The van der Waals surface area contributed by atoms with Gasteiger partial charge < -0.3 is 21.3 Å². The number of nitrogens with one attached hydrogen (secondary N) is 2. The van der Waals surface area contributed by atoms with Crippen molar-refractivity contribution >= 4 is 17.3 Å². The van der Waals surface area contributed by atoms with E-state index in [1.807, 2.05) is 6.07 Å². The van der Waals surface area contributed by atoms with Crippen molar-refractivity contribution in [2.24, 2.45) is 0 Å². The molecule has 0 aliphatic carbocycles. The van der Waals surface area contributed by atoms with E-state index in [2.05, 4.69) is 22.5 Å². The summed E-state index contributed by atoms with van der Waals surface area (Å²) in [5.74, 6) is -0.0970. The highest BCUT2D eigenvalue weighted by Gasteiger charge is 2.15. The molecule has 5 nitrogen and oxygen atoms in total. The predicted octanol–water partition coefficient (Wildman–Crippen LogP) is 1.52. The van der Waals surface area contributed by atoms with Gasteiger partial charge in [0.05, 0.1) is 11.4 Å². The molecule has 1 unspecified atom stereocenters. The summed E-state index contributed by atoms with van der Waals surface area (Å²) in [7, 11) is 1.63. The number of benzene rings is 1. The van der Waals surface area contributed by atoms with Crippen LogP contribution >= 0.6 is 0 Å². The molecule has 1 fully saturated rings. The van der Waals surface area contributed by atoms with Crippen molar-refractivity contribution in [1.82, 2.24) is 10.2 Å². The molecule has 0 radical (unpaired) electrons. The summed E-state index contributed by atoms with van der Waals surface area (Å²) >= 11 is 0. The zero-order chi connectivity index (χ0) is 14.5. The lowest BCUT2D eigenvalue weighted by Gasteiger charge is -2.23. The van der Waals surface area contributed by atoms with Crippen molar-refractivity contribution in [3.05, 3.63) is 23.8 Å². The van der Waals surface area contributed by atoms with Gasteiger partial charge >= 0.3 is 0 Å². The number of likely N-dealkylation sites (tertiary alicyclic amines) is 1. The third kappa shape index (κ3) is 3.63. The zero-order valence-corrected chi connectivity index (χ0v) is 12.3. The average molecular weight is 276 g/mol. The second-order valence-electron chi connectivity index (χ2n) is 5.43. The maximum Gasteiger partial charge on any atom is 0.251 e. The monoisotopic (exact) mass is 276 g/mol. The Bertz CT molecular complexity index is 469. The van der Waals surface area contributed by atoms with Crippen LogP contribution in [-0.2, 0) is 0 Å². The Kier molecular flexibility index (Phi) is 4.84. The molecule has 1 aliphatic heterocycles. The topological polar surface area (TPSA) is 70.4 Å². The minimum absolute atomic E-state index is 0.0970. The van der Waals surface area contributed by atoms with Crippen LogP contribution in [0.4, 0.5) is 11.4 Å². The number of anilines is 2. The van der Waals surface area contributed by atoms with Crippen LogP contribution in [0.15, 0.2) is 18.2 Å². The van der Waals surface area contributed by atoms with Gasteiger partial charge in [0.25, 0.3) is 5.91 Å². The number of amides is 1. The Morgan fingerprint density at radius 1 is 1.40 bits per heavy atom. The molecule has 1 saturated heterocycles. The Balaban J connectivity index is 2.01. The number of nitrogens with two attached hydrogens (primary N) is 1. The summed E-state index contributed by atoms with van der Waals surface area (Å²) < 4.78 is 0. The van der Waals surface area contributed by atoms with Crippen molar-refractivity contribution in [3.8, 4) is 0 Å². The van der Waals surface area contributed by atoms with E-state index in [0.29, 0.717) is 17.3 Å². The van der Waals surface area contributed by atoms with Crippen molar-refractivity contribution in [2.45, 2.75) is 25.8 Å². The minimum Gasteiger partial charge on any atom is -0.397 e. The van der Waals surface area contributed by atoms with Gasteiger partial charge in [0.15, 0.2) is 0 Å². The fourth-order valence-corrected chi connectivity index (χ4v) is 2.63. The first-order valence-corrected chi connectivity index (χ1v) is 7.20. The third-order valence-corrected chi connectivity index (χ3v) is 3.68. The van der Waals surface area contributed by atoms with Crippen molar-refractivity contribution in [2.75, 3.05) is 37.7 Å². The third-order valence-electron chi connectivity index (χ3n) is 3.68. The number of carbonyl (C=O) groups excluding carboxylic acids is 1. The maximum atomic E-state index is 11.7. The normalized spacial score (nSPS) is 16.9. The zero-order valence-electron chi connectivity index (χ0n) is 12.3. The van der Waals surface area contributed by atoms with E-state index in [9.17, 15) is 4.79 Å². The lowest BCUT2D eigenvalue weighted by Crippen LogP contribution is -2.33. The summed E-state index contributed by atoms with van der Waals surface area (Å²) in [6, 6.07) is 5.63. The Labute approximate surface area is 120 Å². The molecule has 20 heavy (non-hydrogen) atoms. The van der Waals surface area contributed by atoms with Gasteiger partial charge in [0.2, 0.25) is 0 Å². The SMILES string of the molecule is CNC(=O)c1ccc(N)c(NC(C)CN2CCCC2)c1. The molecule has 1 heterocycles. The van der Waals surface area contributed by atoms with Gasteiger partial charge in [0.1, 0.15) is 0 Å². The van der Waals surface area contributed by atoms with E-state index in [1.54, 1.807) is 19.2 Å². The molecule has 1 aromatic carbocycles. The number of hydrogen-bond donors (Lipinski definition) is 3. The molecule has 0 aromatic heterocycles. The van der Waals surface area contributed by atoms with Crippen LogP contribution in [0.1, 0.15) is 30.1 Å².